The van der Waals surface area contributed by atoms with E-state index in [1.807, 2.05) is 13.0 Å². The highest BCUT2D eigenvalue weighted by atomic mass is 16.3. The predicted molar refractivity (Wildman–Crippen MR) is 91.9 cm³/mol. The molecule has 3 aliphatic rings. The highest BCUT2D eigenvalue weighted by Gasteiger charge is 2.64. The van der Waals surface area contributed by atoms with Gasteiger partial charge in [-0.05, 0) is 67.6 Å². The van der Waals surface area contributed by atoms with Crippen LogP contribution in [0.3, 0.4) is 0 Å². The first-order valence-corrected chi connectivity index (χ1v) is 9.28. The van der Waals surface area contributed by atoms with E-state index < -0.39 is 17.1 Å². The minimum atomic E-state index is -0.620. The summed E-state index contributed by atoms with van der Waals surface area (Å²) in [5, 5.41) is 32.0. The number of allylic oxidation sites excluding steroid dienone is 1. The van der Waals surface area contributed by atoms with Crippen LogP contribution in [0.2, 0.25) is 0 Å². The molecule has 3 fully saturated rings. The monoisotopic (exact) mass is 322 g/mol. The van der Waals surface area contributed by atoms with Crippen LogP contribution in [0, 0.1) is 28.1 Å². The van der Waals surface area contributed by atoms with Gasteiger partial charge in [0, 0.05) is 5.41 Å². The number of hydrogen-bond donors (Lipinski definition) is 3. The van der Waals surface area contributed by atoms with Gasteiger partial charge in [0.25, 0.3) is 0 Å². The Hall–Kier alpha value is -0.380. The van der Waals surface area contributed by atoms with E-state index in [1.165, 1.54) is 0 Å². The lowest BCUT2D eigenvalue weighted by Crippen LogP contribution is -2.64. The zero-order chi connectivity index (χ0) is 17.1. The maximum Gasteiger partial charge on any atom is 0.0689 e. The lowest BCUT2D eigenvalue weighted by molar-refractivity contribution is -0.231. The fourth-order valence-corrected chi connectivity index (χ4v) is 6.66. The van der Waals surface area contributed by atoms with Crippen LogP contribution in [0.1, 0.15) is 65.7 Å². The van der Waals surface area contributed by atoms with Gasteiger partial charge in [0.05, 0.1) is 18.3 Å². The van der Waals surface area contributed by atoms with Crippen molar-refractivity contribution in [2.75, 3.05) is 6.61 Å². The van der Waals surface area contributed by atoms with Crippen molar-refractivity contribution in [3.63, 3.8) is 0 Å². The average molecular weight is 322 g/mol. The van der Waals surface area contributed by atoms with Gasteiger partial charge in [-0.25, -0.2) is 0 Å². The molecule has 3 rings (SSSR count). The van der Waals surface area contributed by atoms with Crippen molar-refractivity contribution in [3.05, 3.63) is 12.7 Å². The van der Waals surface area contributed by atoms with Crippen LogP contribution in [0.25, 0.3) is 0 Å². The maximum atomic E-state index is 11.5. The summed E-state index contributed by atoms with van der Waals surface area (Å²) in [5.74, 6) is 0.544. The summed E-state index contributed by atoms with van der Waals surface area (Å²) in [6.07, 6.45) is 7.84. The topological polar surface area (TPSA) is 60.7 Å². The van der Waals surface area contributed by atoms with Gasteiger partial charge in [0.15, 0.2) is 0 Å². The van der Waals surface area contributed by atoms with Gasteiger partial charge < -0.3 is 15.3 Å². The standard InChI is InChI=1S/C20H34O3/c1-5-17(2)9-6-15-18(3)10-8-16(22)19(4,13-21)14(18)7-11-20(15,23)12-17/h5,14-16,21-23H,1,6-13H2,2-4H3/t14?,15?,16?,17-,18-,19-,20+/m0/s1. The Kier molecular flexibility index (Phi) is 4.02. The van der Waals surface area contributed by atoms with Gasteiger partial charge in [-0.1, -0.05) is 26.8 Å². The van der Waals surface area contributed by atoms with Gasteiger partial charge in [-0.3, -0.25) is 0 Å². The van der Waals surface area contributed by atoms with Gasteiger partial charge in [-0.15, -0.1) is 6.58 Å². The summed E-state index contributed by atoms with van der Waals surface area (Å²) < 4.78 is 0. The third kappa shape index (κ3) is 2.34. The average Bonchev–Trinajstić information content (AvgIpc) is 2.50. The van der Waals surface area contributed by atoms with Gasteiger partial charge >= 0.3 is 0 Å². The Bertz CT molecular complexity index is 491. The van der Waals surface area contributed by atoms with E-state index in [4.69, 9.17) is 0 Å². The molecule has 0 saturated heterocycles. The van der Waals surface area contributed by atoms with Crippen LogP contribution in [0.15, 0.2) is 12.7 Å². The first kappa shape index (κ1) is 17.4. The molecule has 3 nitrogen and oxygen atoms in total. The first-order valence-electron chi connectivity index (χ1n) is 9.28. The van der Waals surface area contributed by atoms with E-state index in [0.29, 0.717) is 0 Å². The van der Waals surface area contributed by atoms with Crippen molar-refractivity contribution in [2.24, 2.45) is 28.1 Å². The lowest BCUT2D eigenvalue weighted by Gasteiger charge is -2.65. The third-order valence-corrected chi connectivity index (χ3v) is 8.17. The van der Waals surface area contributed by atoms with Crippen LogP contribution in [0.4, 0.5) is 0 Å². The van der Waals surface area contributed by atoms with Crippen molar-refractivity contribution < 1.29 is 15.3 Å². The molecule has 3 aliphatic carbocycles. The molecule has 3 N–H and O–H groups in total. The Morgan fingerprint density at radius 3 is 2.30 bits per heavy atom. The Labute approximate surface area is 140 Å². The van der Waals surface area contributed by atoms with Crippen LogP contribution in [-0.2, 0) is 0 Å². The SMILES string of the molecule is C=C[C@@]1(C)CCC2[C@@](O)(CCC3[C@](C)(CO)C(O)CC[C@]23C)C1. The number of fused-ring (bicyclic) bond motifs is 3. The minimum Gasteiger partial charge on any atom is -0.396 e. The molecular weight excluding hydrogens is 288 g/mol. The summed E-state index contributed by atoms with van der Waals surface area (Å²) in [6.45, 7) is 10.6. The fraction of sp³-hybridized carbons (Fsp3) is 0.900. The van der Waals surface area contributed by atoms with Crippen LogP contribution in [0.5, 0.6) is 0 Å². The zero-order valence-corrected chi connectivity index (χ0v) is 15.0. The molecular formula is C20H34O3. The minimum absolute atomic E-state index is 0.00616. The van der Waals surface area contributed by atoms with Crippen LogP contribution >= 0.6 is 0 Å². The van der Waals surface area contributed by atoms with Crippen molar-refractivity contribution in [2.45, 2.75) is 77.4 Å². The molecule has 0 aromatic carbocycles. The molecule has 0 aromatic heterocycles. The number of aliphatic hydroxyl groups excluding tert-OH is 2. The summed E-state index contributed by atoms with van der Waals surface area (Å²) >= 11 is 0. The van der Waals surface area contributed by atoms with Gasteiger partial charge in [0.2, 0.25) is 0 Å². The molecule has 7 atom stereocenters. The van der Waals surface area contributed by atoms with Crippen LogP contribution in [-0.4, -0.2) is 33.6 Å². The first-order chi connectivity index (χ1) is 10.6. The van der Waals surface area contributed by atoms with Crippen molar-refractivity contribution in [1.82, 2.24) is 0 Å². The van der Waals surface area contributed by atoms with Crippen molar-refractivity contribution >= 4 is 0 Å². The molecule has 0 aliphatic heterocycles. The third-order valence-electron chi connectivity index (χ3n) is 8.17. The molecule has 0 bridgehead atoms. The quantitative estimate of drug-likeness (QED) is 0.684. The van der Waals surface area contributed by atoms with E-state index >= 15 is 0 Å². The summed E-state index contributed by atoms with van der Waals surface area (Å²) in [5.41, 5.74) is -1.02. The Morgan fingerprint density at radius 1 is 1.04 bits per heavy atom. The molecule has 3 saturated carbocycles. The normalized spacial score (nSPS) is 56.5. The van der Waals surface area contributed by atoms with Gasteiger partial charge in [0.1, 0.15) is 0 Å². The van der Waals surface area contributed by atoms with E-state index in [1.54, 1.807) is 0 Å². The summed E-state index contributed by atoms with van der Waals surface area (Å²) in [6, 6.07) is 0. The maximum absolute atomic E-state index is 11.5. The van der Waals surface area contributed by atoms with E-state index in [2.05, 4.69) is 20.4 Å². The molecule has 0 amide bonds. The molecule has 0 radical (unpaired) electrons. The second-order valence-electron chi connectivity index (χ2n) is 9.55. The Balaban J connectivity index is 1.96. The fourth-order valence-electron chi connectivity index (χ4n) is 6.66. The summed E-state index contributed by atoms with van der Waals surface area (Å²) in [4.78, 5) is 0. The van der Waals surface area contributed by atoms with E-state index in [-0.39, 0.29) is 29.3 Å². The number of aliphatic hydroxyl groups is 3. The second-order valence-corrected chi connectivity index (χ2v) is 9.55. The molecule has 0 aromatic rings. The molecule has 0 heterocycles. The highest BCUT2D eigenvalue weighted by molar-refractivity contribution is 5.15. The van der Waals surface area contributed by atoms with Gasteiger partial charge in [-0.2, -0.15) is 0 Å². The predicted octanol–water partition coefficient (Wildman–Crippen LogP) is 3.28. The number of rotatable bonds is 2. The highest BCUT2D eigenvalue weighted by Crippen LogP contribution is 2.66. The Morgan fingerprint density at radius 2 is 1.70 bits per heavy atom. The van der Waals surface area contributed by atoms with Crippen molar-refractivity contribution in [3.8, 4) is 0 Å². The van der Waals surface area contributed by atoms with E-state index in [0.717, 1.165) is 44.9 Å². The van der Waals surface area contributed by atoms with Crippen LogP contribution < -0.4 is 0 Å². The zero-order valence-electron chi connectivity index (χ0n) is 15.0. The lowest BCUT2D eigenvalue weighted by atomic mass is 9.41. The molecule has 23 heavy (non-hydrogen) atoms. The van der Waals surface area contributed by atoms with E-state index in [9.17, 15) is 15.3 Å². The molecule has 3 unspecified atom stereocenters. The molecule has 132 valence electrons. The second kappa shape index (κ2) is 5.31. The van der Waals surface area contributed by atoms with Crippen molar-refractivity contribution in [1.29, 1.82) is 0 Å². The largest absolute Gasteiger partial charge is 0.396 e. The molecule has 0 spiro atoms. The number of hydrogen-bond acceptors (Lipinski definition) is 3. The smallest absolute Gasteiger partial charge is 0.0689 e. The summed E-state index contributed by atoms with van der Waals surface area (Å²) in [7, 11) is 0. The molecule has 3 heteroatoms.